The van der Waals surface area contributed by atoms with E-state index in [1.165, 1.54) is 0 Å². The van der Waals surface area contributed by atoms with E-state index in [-0.39, 0.29) is 18.0 Å². The van der Waals surface area contributed by atoms with E-state index >= 15 is 0 Å². The molecule has 0 radical (unpaired) electrons. The summed E-state index contributed by atoms with van der Waals surface area (Å²) >= 11 is 0. The van der Waals surface area contributed by atoms with Crippen LogP contribution in [-0.2, 0) is 14.3 Å². The van der Waals surface area contributed by atoms with Gasteiger partial charge in [0.1, 0.15) is 6.10 Å². The molecule has 13 heavy (non-hydrogen) atoms. The molecule has 0 aromatic rings. The van der Waals surface area contributed by atoms with Crippen molar-refractivity contribution >= 4 is 11.9 Å². The van der Waals surface area contributed by atoms with Crippen LogP contribution in [0.3, 0.4) is 0 Å². The molecule has 0 spiro atoms. The Hall–Kier alpha value is -1.06. The van der Waals surface area contributed by atoms with Crippen molar-refractivity contribution in [2.24, 2.45) is 0 Å². The summed E-state index contributed by atoms with van der Waals surface area (Å²) in [6, 6.07) is 0. The van der Waals surface area contributed by atoms with Crippen LogP contribution in [-0.4, -0.2) is 24.5 Å². The Bertz CT molecular complexity index is 195. The third-order valence-electron chi connectivity index (χ3n) is 1.96. The minimum absolute atomic E-state index is 0.0365. The van der Waals surface area contributed by atoms with E-state index in [0.29, 0.717) is 19.4 Å². The maximum Gasteiger partial charge on any atom is 0.309 e. The standard InChI is InChI=1S/C9H15NO3/c1-2-3-8(11)10-5-4-7-6-9(12)13-7/h7H,2-6H2,1H3,(H,10,11). The Morgan fingerprint density at radius 1 is 1.69 bits per heavy atom. The maximum atomic E-state index is 11.0. The highest BCUT2D eigenvalue weighted by atomic mass is 16.6. The van der Waals surface area contributed by atoms with Crippen molar-refractivity contribution < 1.29 is 14.3 Å². The first kappa shape index (κ1) is 10.0. The number of cyclic esters (lactones) is 1. The molecule has 1 heterocycles. The summed E-state index contributed by atoms with van der Waals surface area (Å²) in [5.74, 6) is -0.0574. The van der Waals surface area contributed by atoms with E-state index in [4.69, 9.17) is 4.74 Å². The molecule has 1 N–H and O–H groups in total. The summed E-state index contributed by atoms with van der Waals surface area (Å²) in [5.41, 5.74) is 0. The van der Waals surface area contributed by atoms with Crippen molar-refractivity contribution in [1.29, 1.82) is 0 Å². The Kier molecular flexibility index (Phi) is 3.73. The van der Waals surface area contributed by atoms with Gasteiger partial charge < -0.3 is 10.1 Å². The van der Waals surface area contributed by atoms with E-state index in [9.17, 15) is 9.59 Å². The molecular weight excluding hydrogens is 170 g/mol. The zero-order chi connectivity index (χ0) is 9.68. The van der Waals surface area contributed by atoms with Crippen molar-refractivity contribution in [3.63, 3.8) is 0 Å². The van der Waals surface area contributed by atoms with Gasteiger partial charge in [-0.2, -0.15) is 0 Å². The first-order valence-electron chi connectivity index (χ1n) is 4.68. The number of nitrogens with one attached hydrogen (secondary N) is 1. The normalized spacial score (nSPS) is 20.4. The zero-order valence-corrected chi connectivity index (χ0v) is 7.84. The molecule has 74 valence electrons. The average Bonchev–Trinajstić information content (AvgIpc) is 2.01. The fourth-order valence-corrected chi connectivity index (χ4v) is 1.21. The smallest absolute Gasteiger partial charge is 0.309 e. The Labute approximate surface area is 77.6 Å². The minimum Gasteiger partial charge on any atom is -0.462 e. The second kappa shape index (κ2) is 4.84. The van der Waals surface area contributed by atoms with Crippen molar-refractivity contribution in [3.8, 4) is 0 Å². The summed E-state index contributed by atoms with van der Waals surface area (Å²) in [5, 5.41) is 2.77. The lowest BCUT2D eigenvalue weighted by molar-refractivity contribution is -0.169. The van der Waals surface area contributed by atoms with E-state index < -0.39 is 0 Å². The Morgan fingerprint density at radius 3 is 2.92 bits per heavy atom. The molecule has 0 aromatic carbocycles. The van der Waals surface area contributed by atoms with Crippen LogP contribution in [0.5, 0.6) is 0 Å². The van der Waals surface area contributed by atoms with Gasteiger partial charge in [0.05, 0.1) is 6.42 Å². The second-order valence-corrected chi connectivity index (χ2v) is 3.20. The number of ether oxygens (including phenoxy) is 1. The van der Waals surface area contributed by atoms with E-state index in [1.54, 1.807) is 0 Å². The third-order valence-corrected chi connectivity index (χ3v) is 1.96. The SMILES string of the molecule is CCCC(=O)NCCC1CC(=O)O1. The molecule has 0 aliphatic carbocycles. The zero-order valence-electron chi connectivity index (χ0n) is 7.84. The number of hydrogen-bond donors (Lipinski definition) is 1. The Balaban J connectivity index is 1.95. The van der Waals surface area contributed by atoms with Crippen LogP contribution < -0.4 is 5.32 Å². The van der Waals surface area contributed by atoms with Gasteiger partial charge in [-0.15, -0.1) is 0 Å². The number of amides is 1. The number of carbonyl (C=O) groups excluding carboxylic acids is 2. The van der Waals surface area contributed by atoms with Crippen LogP contribution in [0.4, 0.5) is 0 Å². The van der Waals surface area contributed by atoms with Crippen LogP contribution in [0.25, 0.3) is 0 Å². The molecule has 1 rings (SSSR count). The molecule has 1 fully saturated rings. The fraction of sp³-hybridized carbons (Fsp3) is 0.778. The van der Waals surface area contributed by atoms with E-state index in [2.05, 4.69) is 5.32 Å². The van der Waals surface area contributed by atoms with Crippen LogP contribution in [0, 0.1) is 0 Å². The quantitative estimate of drug-likeness (QED) is 0.638. The predicted octanol–water partition coefficient (Wildman–Crippen LogP) is 0.608. The lowest BCUT2D eigenvalue weighted by atomic mass is 10.1. The average molecular weight is 185 g/mol. The molecule has 0 bridgehead atoms. The molecule has 1 unspecified atom stereocenters. The van der Waals surface area contributed by atoms with E-state index in [0.717, 1.165) is 12.8 Å². The number of hydrogen-bond acceptors (Lipinski definition) is 3. The van der Waals surface area contributed by atoms with Crippen LogP contribution in [0.1, 0.15) is 32.6 Å². The van der Waals surface area contributed by atoms with Crippen molar-refractivity contribution in [3.05, 3.63) is 0 Å². The van der Waals surface area contributed by atoms with E-state index in [1.807, 2.05) is 6.92 Å². The van der Waals surface area contributed by atoms with Crippen LogP contribution in [0.2, 0.25) is 0 Å². The van der Waals surface area contributed by atoms with Crippen LogP contribution >= 0.6 is 0 Å². The van der Waals surface area contributed by atoms with Gasteiger partial charge in [0.25, 0.3) is 0 Å². The minimum atomic E-state index is -0.134. The van der Waals surface area contributed by atoms with Gasteiger partial charge in [-0.3, -0.25) is 9.59 Å². The number of esters is 1. The molecule has 1 aliphatic heterocycles. The predicted molar refractivity (Wildman–Crippen MR) is 47.0 cm³/mol. The molecule has 0 saturated carbocycles. The van der Waals surface area contributed by atoms with Gasteiger partial charge in [0.15, 0.2) is 0 Å². The van der Waals surface area contributed by atoms with Crippen molar-refractivity contribution in [1.82, 2.24) is 5.32 Å². The monoisotopic (exact) mass is 185 g/mol. The summed E-state index contributed by atoms with van der Waals surface area (Å²) < 4.78 is 4.79. The van der Waals surface area contributed by atoms with Gasteiger partial charge in [-0.1, -0.05) is 6.92 Å². The summed E-state index contributed by atoms with van der Waals surface area (Å²) in [6.45, 7) is 2.57. The highest BCUT2D eigenvalue weighted by Crippen LogP contribution is 2.15. The Morgan fingerprint density at radius 2 is 2.38 bits per heavy atom. The maximum absolute atomic E-state index is 11.0. The molecule has 1 saturated heterocycles. The first-order chi connectivity index (χ1) is 6.22. The summed E-state index contributed by atoms with van der Waals surface area (Å²) in [6.07, 6.45) is 2.72. The fourth-order valence-electron chi connectivity index (χ4n) is 1.21. The summed E-state index contributed by atoms with van der Waals surface area (Å²) in [7, 11) is 0. The van der Waals surface area contributed by atoms with Gasteiger partial charge in [-0.25, -0.2) is 0 Å². The second-order valence-electron chi connectivity index (χ2n) is 3.20. The molecule has 4 heteroatoms. The van der Waals surface area contributed by atoms with Crippen LogP contribution in [0.15, 0.2) is 0 Å². The van der Waals surface area contributed by atoms with Gasteiger partial charge in [-0.05, 0) is 6.42 Å². The van der Waals surface area contributed by atoms with Gasteiger partial charge >= 0.3 is 5.97 Å². The lowest BCUT2D eigenvalue weighted by Gasteiger charge is -2.25. The number of rotatable bonds is 5. The first-order valence-corrected chi connectivity index (χ1v) is 4.68. The molecular formula is C9H15NO3. The third kappa shape index (κ3) is 3.44. The van der Waals surface area contributed by atoms with Gasteiger partial charge in [0.2, 0.25) is 5.91 Å². The topological polar surface area (TPSA) is 55.4 Å². The highest BCUT2D eigenvalue weighted by molar-refractivity contribution is 5.76. The molecule has 1 atom stereocenters. The molecule has 4 nitrogen and oxygen atoms in total. The van der Waals surface area contributed by atoms with Crippen molar-refractivity contribution in [2.75, 3.05) is 6.54 Å². The highest BCUT2D eigenvalue weighted by Gasteiger charge is 2.27. The molecule has 0 aromatic heterocycles. The largest absolute Gasteiger partial charge is 0.462 e. The van der Waals surface area contributed by atoms with Gasteiger partial charge in [0, 0.05) is 19.4 Å². The molecule has 1 aliphatic rings. The lowest BCUT2D eigenvalue weighted by Crippen LogP contribution is -2.36. The summed E-state index contributed by atoms with van der Waals surface area (Å²) in [4.78, 5) is 21.4. The number of carbonyl (C=O) groups is 2. The van der Waals surface area contributed by atoms with Crippen molar-refractivity contribution in [2.45, 2.75) is 38.7 Å². The molecule has 1 amide bonds.